The minimum Gasteiger partial charge on any atom is -0.356 e. The zero-order chi connectivity index (χ0) is 11.1. The van der Waals surface area contributed by atoms with Gasteiger partial charge in [-0.1, -0.05) is 0 Å². The smallest absolute Gasteiger partial charge is 0.221 e. The van der Waals surface area contributed by atoms with Gasteiger partial charge in [0.15, 0.2) is 0 Å². The molecule has 0 atom stereocenters. The Kier molecular flexibility index (Phi) is 4.85. The lowest BCUT2D eigenvalue weighted by Crippen LogP contribution is -2.25. The normalized spacial score (nSPS) is 9.60. The number of aryl methyl sites for hydroxylation is 1. The van der Waals surface area contributed by atoms with Crippen molar-refractivity contribution in [3.05, 3.63) is 21.9 Å². The molecule has 15 heavy (non-hydrogen) atoms. The average Bonchev–Trinajstić information content (AvgIpc) is 2.61. The van der Waals surface area contributed by atoms with Crippen molar-refractivity contribution in [3.63, 3.8) is 0 Å². The van der Waals surface area contributed by atoms with Crippen LogP contribution in [0.4, 0.5) is 0 Å². The SMILES string of the molecule is Cc1ccsc1CCNC(=O)CCC#N. The maximum Gasteiger partial charge on any atom is 0.221 e. The van der Waals surface area contributed by atoms with E-state index in [1.807, 2.05) is 6.07 Å². The molecule has 80 valence electrons. The van der Waals surface area contributed by atoms with Crippen LogP contribution >= 0.6 is 11.3 Å². The summed E-state index contributed by atoms with van der Waals surface area (Å²) in [5.41, 5.74) is 1.28. The number of carbonyl (C=O) groups excluding carboxylic acids is 1. The number of hydrogen-bond donors (Lipinski definition) is 1. The third kappa shape index (κ3) is 4.13. The van der Waals surface area contributed by atoms with Gasteiger partial charge < -0.3 is 5.32 Å². The van der Waals surface area contributed by atoms with Crippen LogP contribution in [-0.4, -0.2) is 12.5 Å². The summed E-state index contributed by atoms with van der Waals surface area (Å²) in [5, 5.41) is 13.2. The molecule has 0 spiro atoms. The van der Waals surface area contributed by atoms with Crippen LogP contribution in [0.3, 0.4) is 0 Å². The number of hydrogen-bond acceptors (Lipinski definition) is 3. The van der Waals surface area contributed by atoms with Crippen LogP contribution in [0.25, 0.3) is 0 Å². The van der Waals surface area contributed by atoms with Crippen molar-refractivity contribution in [3.8, 4) is 6.07 Å². The summed E-state index contributed by atoms with van der Waals surface area (Å²) >= 11 is 1.72. The Morgan fingerprint density at radius 3 is 3.07 bits per heavy atom. The highest BCUT2D eigenvalue weighted by molar-refractivity contribution is 7.10. The van der Waals surface area contributed by atoms with Gasteiger partial charge in [-0.05, 0) is 30.4 Å². The molecule has 0 radical (unpaired) electrons. The third-order valence-electron chi connectivity index (χ3n) is 2.11. The predicted octanol–water partition coefficient (Wildman–Crippen LogP) is 2.02. The van der Waals surface area contributed by atoms with Crippen LogP contribution in [0, 0.1) is 18.3 Å². The van der Waals surface area contributed by atoms with Crippen molar-refractivity contribution in [1.82, 2.24) is 5.32 Å². The second-order valence-electron chi connectivity index (χ2n) is 3.28. The topological polar surface area (TPSA) is 52.9 Å². The molecule has 0 saturated heterocycles. The quantitative estimate of drug-likeness (QED) is 0.828. The monoisotopic (exact) mass is 222 g/mol. The van der Waals surface area contributed by atoms with Gasteiger partial charge in [0.25, 0.3) is 0 Å². The van der Waals surface area contributed by atoms with Gasteiger partial charge in [-0.2, -0.15) is 5.26 Å². The van der Waals surface area contributed by atoms with E-state index in [9.17, 15) is 4.79 Å². The Morgan fingerprint density at radius 1 is 1.67 bits per heavy atom. The number of carbonyl (C=O) groups is 1. The number of nitriles is 1. The first-order chi connectivity index (χ1) is 7.24. The van der Waals surface area contributed by atoms with Gasteiger partial charge in [0.2, 0.25) is 5.91 Å². The minimum absolute atomic E-state index is 0.0363. The predicted molar refractivity (Wildman–Crippen MR) is 60.6 cm³/mol. The fraction of sp³-hybridized carbons (Fsp3) is 0.455. The van der Waals surface area contributed by atoms with E-state index in [0.717, 1.165) is 6.42 Å². The van der Waals surface area contributed by atoms with E-state index in [4.69, 9.17) is 5.26 Å². The first-order valence-electron chi connectivity index (χ1n) is 4.90. The van der Waals surface area contributed by atoms with Crippen molar-refractivity contribution in [1.29, 1.82) is 5.26 Å². The van der Waals surface area contributed by atoms with Crippen LogP contribution in [0.5, 0.6) is 0 Å². The summed E-state index contributed by atoms with van der Waals surface area (Å²) in [5.74, 6) is -0.0363. The van der Waals surface area contributed by atoms with Crippen molar-refractivity contribution < 1.29 is 4.79 Å². The molecule has 1 N–H and O–H groups in total. The third-order valence-corrected chi connectivity index (χ3v) is 3.19. The first-order valence-corrected chi connectivity index (χ1v) is 5.78. The molecule has 1 rings (SSSR count). The molecule has 4 heteroatoms. The highest BCUT2D eigenvalue weighted by atomic mass is 32.1. The minimum atomic E-state index is -0.0363. The molecule has 0 aromatic carbocycles. The van der Waals surface area contributed by atoms with Gasteiger partial charge in [-0.3, -0.25) is 4.79 Å². The lowest BCUT2D eigenvalue weighted by atomic mass is 10.2. The van der Waals surface area contributed by atoms with Gasteiger partial charge in [-0.25, -0.2) is 0 Å². The van der Waals surface area contributed by atoms with Gasteiger partial charge in [-0.15, -0.1) is 11.3 Å². The zero-order valence-electron chi connectivity index (χ0n) is 8.75. The fourth-order valence-electron chi connectivity index (χ4n) is 1.23. The molecule has 0 aliphatic carbocycles. The van der Waals surface area contributed by atoms with Crippen LogP contribution in [0.2, 0.25) is 0 Å². The summed E-state index contributed by atoms with van der Waals surface area (Å²) in [6, 6.07) is 4.03. The van der Waals surface area contributed by atoms with E-state index < -0.39 is 0 Å². The van der Waals surface area contributed by atoms with E-state index in [0.29, 0.717) is 19.4 Å². The highest BCUT2D eigenvalue weighted by Gasteiger charge is 2.02. The second-order valence-corrected chi connectivity index (χ2v) is 4.29. The van der Waals surface area contributed by atoms with Gasteiger partial charge in [0.1, 0.15) is 0 Å². The summed E-state index contributed by atoms with van der Waals surface area (Å²) < 4.78 is 0. The number of amides is 1. The molecule has 0 aliphatic heterocycles. The van der Waals surface area contributed by atoms with Crippen LogP contribution in [0.15, 0.2) is 11.4 Å². The summed E-state index contributed by atoms with van der Waals surface area (Å²) in [6.45, 7) is 2.73. The molecule has 0 unspecified atom stereocenters. The molecular formula is C11H14N2OS. The van der Waals surface area contributed by atoms with Gasteiger partial charge >= 0.3 is 0 Å². The lowest BCUT2D eigenvalue weighted by Gasteiger charge is -2.02. The lowest BCUT2D eigenvalue weighted by molar-refractivity contribution is -0.120. The fourth-order valence-corrected chi connectivity index (χ4v) is 2.14. The van der Waals surface area contributed by atoms with E-state index in [1.165, 1.54) is 10.4 Å². The number of thiophene rings is 1. The average molecular weight is 222 g/mol. The van der Waals surface area contributed by atoms with E-state index >= 15 is 0 Å². The Morgan fingerprint density at radius 2 is 2.47 bits per heavy atom. The second kappa shape index (κ2) is 6.20. The first kappa shape index (κ1) is 11.7. The van der Waals surface area contributed by atoms with Crippen molar-refractivity contribution in [2.24, 2.45) is 0 Å². The van der Waals surface area contributed by atoms with Crippen molar-refractivity contribution in [2.75, 3.05) is 6.54 Å². The van der Waals surface area contributed by atoms with Crippen LogP contribution in [-0.2, 0) is 11.2 Å². The molecule has 3 nitrogen and oxygen atoms in total. The largest absolute Gasteiger partial charge is 0.356 e. The van der Waals surface area contributed by atoms with E-state index in [1.54, 1.807) is 11.3 Å². The molecule has 1 amide bonds. The standard InChI is InChI=1S/C11H14N2OS/c1-9-5-8-15-10(9)4-7-13-11(14)3-2-6-12/h5,8H,2-4,7H2,1H3,(H,13,14). The van der Waals surface area contributed by atoms with Crippen molar-refractivity contribution >= 4 is 17.2 Å². The van der Waals surface area contributed by atoms with E-state index in [2.05, 4.69) is 23.7 Å². The molecule has 0 aliphatic rings. The summed E-state index contributed by atoms with van der Waals surface area (Å²) in [6.07, 6.45) is 1.48. The number of nitrogens with one attached hydrogen (secondary N) is 1. The Bertz CT molecular complexity index is 365. The molecule has 0 saturated carbocycles. The zero-order valence-corrected chi connectivity index (χ0v) is 9.56. The van der Waals surface area contributed by atoms with Gasteiger partial charge in [0, 0.05) is 24.3 Å². The highest BCUT2D eigenvalue weighted by Crippen LogP contribution is 2.15. The van der Waals surface area contributed by atoms with Crippen LogP contribution in [0.1, 0.15) is 23.3 Å². The maximum atomic E-state index is 11.2. The molecule has 0 bridgehead atoms. The number of nitrogens with zero attached hydrogens (tertiary/aromatic N) is 1. The van der Waals surface area contributed by atoms with Gasteiger partial charge in [0.05, 0.1) is 6.07 Å². The molecule has 1 heterocycles. The molecule has 1 aromatic heterocycles. The van der Waals surface area contributed by atoms with Crippen LogP contribution < -0.4 is 5.32 Å². The Labute approximate surface area is 93.7 Å². The maximum absolute atomic E-state index is 11.2. The van der Waals surface area contributed by atoms with Crippen molar-refractivity contribution in [2.45, 2.75) is 26.2 Å². The summed E-state index contributed by atoms with van der Waals surface area (Å²) in [7, 11) is 0. The molecule has 1 aromatic rings. The van der Waals surface area contributed by atoms with E-state index in [-0.39, 0.29) is 5.91 Å². The molecular weight excluding hydrogens is 208 g/mol. The summed E-state index contributed by atoms with van der Waals surface area (Å²) in [4.78, 5) is 12.5. The molecule has 0 fully saturated rings. The Hall–Kier alpha value is -1.34. The Balaban J connectivity index is 2.20. The number of rotatable bonds is 5.